The van der Waals surface area contributed by atoms with E-state index in [1.54, 1.807) is 7.11 Å². The van der Waals surface area contributed by atoms with Gasteiger partial charge in [-0.1, -0.05) is 36.4 Å². The van der Waals surface area contributed by atoms with Gasteiger partial charge in [0, 0.05) is 17.7 Å². The fourth-order valence-corrected chi connectivity index (χ4v) is 2.39. The monoisotopic (exact) mass is 334 g/mol. The van der Waals surface area contributed by atoms with Gasteiger partial charge in [-0.2, -0.15) is 0 Å². The van der Waals surface area contributed by atoms with E-state index in [0.717, 1.165) is 11.3 Å². The highest BCUT2D eigenvalue weighted by Crippen LogP contribution is 2.27. The van der Waals surface area contributed by atoms with Crippen molar-refractivity contribution in [2.24, 2.45) is 0 Å². The van der Waals surface area contributed by atoms with Gasteiger partial charge in [0.25, 0.3) is 5.91 Å². The second-order valence-electron chi connectivity index (χ2n) is 5.30. The zero-order chi connectivity index (χ0) is 15.9. The number of benzene rings is 2. The van der Waals surface area contributed by atoms with E-state index >= 15 is 0 Å². The predicted octanol–water partition coefficient (Wildman–Crippen LogP) is 3.15. The quantitative estimate of drug-likeness (QED) is 0.882. The maximum Gasteiger partial charge on any atom is 0.251 e. The molecule has 0 radical (unpaired) electrons. The first-order valence-corrected chi connectivity index (χ1v) is 7.26. The summed E-state index contributed by atoms with van der Waals surface area (Å²) in [6, 6.07) is 17.2. The maximum atomic E-state index is 12.2. The van der Waals surface area contributed by atoms with Crippen LogP contribution in [0, 0.1) is 0 Å². The van der Waals surface area contributed by atoms with E-state index in [9.17, 15) is 4.79 Å². The standard InChI is InChI=1S/C18H22N2O2.ClH/c1-20(2)16(15-11-7-8-12-17(15)22-3)13-19-18(21)14-9-5-4-6-10-14;/h4-12,16H,13H2,1-3H3,(H,19,21);1H. The van der Waals surface area contributed by atoms with Crippen LogP contribution >= 0.6 is 12.4 Å². The van der Waals surface area contributed by atoms with Crippen molar-refractivity contribution in [1.29, 1.82) is 0 Å². The summed E-state index contributed by atoms with van der Waals surface area (Å²) in [4.78, 5) is 14.3. The summed E-state index contributed by atoms with van der Waals surface area (Å²) >= 11 is 0. The van der Waals surface area contributed by atoms with Crippen LogP contribution in [0.2, 0.25) is 0 Å². The molecule has 1 N–H and O–H groups in total. The molecule has 4 nitrogen and oxygen atoms in total. The molecule has 0 fully saturated rings. The first-order valence-electron chi connectivity index (χ1n) is 7.26. The molecule has 0 saturated heterocycles. The molecule has 124 valence electrons. The Balaban J connectivity index is 0.00000264. The lowest BCUT2D eigenvalue weighted by atomic mass is 10.0. The molecule has 5 heteroatoms. The van der Waals surface area contributed by atoms with E-state index < -0.39 is 0 Å². The molecule has 0 spiro atoms. The Labute approximate surface area is 143 Å². The predicted molar refractivity (Wildman–Crippen MR) is 95.4 cm³/mol. The SMILES string of the molecule is COc1ccccc1C(CNC(=O)c1ccccc1)N(C)C.Cl. The summed E-state index contributed by atoms with van der Waals surface area (Å²) in [7, 11) is 5.64. The molecular weight excluding hydrogens is 312 g/mol. The Morgan fingerprint density at radius 2 is 1.70 bits per heavy atom. The molecular formula is C18H23ClN2O2. The lowest BCUT2D eigenvalue weighted by Gasteiger charge is -2.26. The molecule has 0 aliphatic rings. The highest BCUT2D eigenvalue weighted by atomic mass is 35.5. The van der Waals surface area contributed by atoms with Gasteiger partial charge in [-0.15, -0.1) is 12.4 Å². The largest absolute Gasteiger partial charge is 0.496 e. The van der Waals surface area contributed by atoms with Crippen molar-refractivity contribution in [3.05, 3.63) is 65.7 Å². The molecule has 23 heavy (non-hydrogen) atoms. The van der Waals surface area contributed by atoms with Crippen molar-refractivity contribution >= 4 is 18.3 Å². The van der Waals surface area contributed by atoms with Crippen LogP contribution in [-0.4, -0.2) is 38.6 Å². The summed E-state index contributed by atoms with van der Waals surface area (Å²) in [5.74, 6) is 0.762. The first-order chi connectivity index (χ1) is 10.6. The Hall–Kier alpha value is -2.04. The number of carbonyl (C=O) groups excluding carboxylic acids is 1. The summed E-state index contributed by atoms with van der Waals surface area (Å²) < 4.78 is 5.43. The Kier molecular flexibility index (Phi) is 7.59. The van der Waals surface area contributed by atoms with Gasteiger partial charge >= 0.3 is 0 Å². The molecule has 2 aromatic carbocycles. The summed E-state index contributed by atoms with van der Waals surface area (Å²) in [5.41, 5.74) is 1.73. The van der Waals surface area contributed by atoms with Gasteiger partial charge in [0.1, 0.15) is 5.75 Å². The van der Waals surface area contributed by atoms with E-state index in [1.165, 1.54) is 0 Å². The number of para-hydroxylation sites is 1. The third-order valence-corrected chi connectivity index (χ3v) is 3.61. The molecule has 0 aliphatic heterocycles. The molecule has 1 atom stereocenters. The van der Waals surface area contributed by atoms with Gasteiger partial charge in [0.05, 0.1) is 13.2 Å². The van der Waals surface area contributed by atoms with E-state index in [1.807, 2.05) is 68.7 Å². The van der Waals surface area contributed by atoms with Crippen LogP contribution in [-0.2, 0) is 0 Å². The second kappa shape index (κ2) is 9.18. The van der Waals surface area contributed by atoms with Crippen LogP contribution in [0.1, 0.15) is 22.0 Å². The van der Waals surface area contributed by atoms with E-state index in [4.69, 9.17) is 4.74 Å². The zero-order valence-corrected chi connectivity index (χ0v) is 14.5. The topological polar surface area (TPSA) is 41.6 Å². The van der Waals surface area contributed by atoms with Crippen molar-refractivity contribution in [3.8, 4) is 5.75 Å². The molecule has 2 aromatic rings. The van der Waals surface area contributed by atoms with Crippen molar-refractivity contribution in [2.75, 3.05) is 27.7 Å². The fraction of sp³-hybridized carbons (Fsp3) is 0.278. The van der Waals surface area contributed by atoms with E-state index in [0.29, 0.717) is 12.1 Å². The average molecular weight is 335 g/mol. The number of halogens is 1. The molecule has 2 rings (SSSR count). The first kappa shape index (κ1) is 19.0. The molecule has 1 amide bonds. The van der Waals surface area contributed by atoms with E-state index in [-0.39, 0.29) is 24.4 Å². The van der Waals surface area contributed by atoms with Gasteiger partial charge in [0.15, 0.2) is 0 Å². The Morgan fingerprint density at radius 1 is 1.09 bits per heavy atom. The van der Waals surface area contributed by atoms with Crippen molar-refractivity contribution in [1.82, 2.24) is 10.2 Å². The highest BCUT2D eigenvalue weighted by molar-refractivity contribution is 5.94. The van der Waals surface area contributed by atoms with Crippen LogP contribution in [0.4, 0.5) is 0 Å². The lowest BCUT2D eigenvalue weighted by Crippen LogP contribution is -2.34. The lowest BCUT2D eigenvalue weighted by molar-refractivity contribution is 0.0941. The van der Waals surface area contributed by atoms with Crippen LogP contribution in [0.25, 0.3) is 0 Å². The molecule has 0 heterocycles. The number of amides is 1. The number of nitrogens with zero attached hydrogens (tertiary/aromatic N) is 1. The van der Waals surface area contributed by atoms with Crippen LogP contribution in [0.5, 0.6) is 5.75 Å². The maximum absolute atomic E-state index is 12.2. The number of rotatable bonds is 6. The summed E-state index contributed by atoms with van der Waals surface area (Å²) in [6.07, 6.45) is 0. The zero-order valence-electron chi connectivity index (χ0n) is 13.7. The number of hydrogen-bond acceptors (Lipinski definition) is 3. The third kappa shape index (κ3) is 4.98. The molecule has 0 bridgehead atoms. The van der Waals surface area contributed by atoms with Crippen LogP contribution in [0.15, 0.2) is 54.6 Å². The minimum absolute atomic E-state index is 0. The molecule has 1 unspecified atom stereocenters. The molecule has 0 saturated carbocycles. The number of methoxy groups -OCH3 is 1. The number of nitrogens with one attached hydrogen (secondary N) is 1. The minimum atomic E-state index is -0.0673. The van der Waals surface area contributed by atoms with Gasteiger partial charge in [0.2, 0.25) is 0 Å². The number of ether oxygens (including phenoxy) is 1. The Morgan fingerprint density at radius 3 is 2.30 bits per heavy atom. The third-order valence-electron chi connectivity index (χ3n) is 3.61. The van der Waals surface area contributed by atoms with Gasteiger partial charge in [-0.05, 0) is 32.3 Å². The summed E-state index contributed by atoms with van der Waals surface area (Å²) in [6.45, 7) is 0.515. The van der Waals surface area contributed by atoms with Crippen molar-refractivity contribution < 1.29 is 9.53 Å². The number of hydrogen-bond donors (Lipinski definition) is 1. The van der Waals surface area contributed by atoms with Gasteiger partial charge in [-0.3, -0.25) is 4.79 Å². The smallest absolute Gasteiger partial charge is 0.251 e. The molecule has 0 aliphatic carbocycles. The normalized spacial score (nSPS) is 11.5. The average Bonchev–Trinajstić information content (AvgIpc) is 2.55. The van der Waals surface area contributed by atoms with Crippen LogP contribution < -0.4 is 10.1 Å². The Bertz CT molecular complexity index is 617. The second-order valence-corrected chi connectivity index (χ2v) is 5.30. The number of likely N-dealkylation sites (N-methyl/N-ethyl adjacent to an activating group) is 1. The van der Waals surface area contributed by atoms with Crippen molar-refractivity contribution in [2.45, 2.75) is 6.04 Å². The molecule has 0 aromatic heterocycles. The van der Waals surface area contributed by atoms with Gasteiger partial charge in [-0.25, -0.2) is 0 Å². The van der Waals surface area contributed by atoms with Gasteiger partial charge < -0.3 is 15.0 Å². The fourth-order valence-electron chi connectivity index (χ4n) is 2.39. The minimum Gasteiger partial charge on any atom is -0.496 e. The number of carbonyl (C=O) groups is 1. The van der Waals surface area contributed by atoms with E-state index in [2.05, 4.69) is 10.2 Å². The van der Waals surface area contributed by atoms with Crippen molar-refractivity contribution in [3.63, 3.8) is 0 Å². The van der Waals surface area contributed by atoms with Crippen LogP contribution in [0.3, 0.4) is 0 Å². The highest BCUT2D eigenvalue weighted by Gasteiger charge is 2.19. The summed E-state index contributed by atoms with van der Waals surface area (Å²) in [5, 5.41) is 2.99.